The van der Waals surface area contributed by atoms with Gasteiger partial charge in [0.05, 0.1) is 10.6 Å². The number of benzene rings is 2. The van der Waals surface area contributed by atoms with Gasteiger partial charge in [-0.05, 0) is 42.5 Å². The number of nitrogens with two attached hydrogens (primary N) is 1. The molecule has 0 atom stereocenters. The number of nitrogens with one attached hydrogen (secondary N) is 2. The molecule has 0 aliphatic heterocycles. The average Bonchev–Trinajstić information content (AvgIpc) is 2.37. The third kappa shape index (κ3) is 3.38. The van der Waals surface area contributed by atoms with E-state index >= 15 is 0 Å². The summed E-state index contributed by atoms with van der Waals surface area (Å²) in [6.45, 7) is 0. The van der Waals surface area contributed by atoms with Crippen LogP contribution in [0.2, 0.25) is 5.02 Å². The van der Waals surface area contributed by atoms with Gasteiger partial charge < -0.3 is 5.43 Å². The lowest BCUT2D eigenvalue weighted by molar-refractivity contribution is 0.601. The third-order valence-corrected chi connectivity index (χ3v) is 4.06. The molecule has 20 heavy (non-hydrogen) atoms. The molecule has 0 radical (unpaired) electrons. The van der Waals surface area contributed by atoms with Crippen LogP contribution in [0.1, 0.15) is 0 Å². The summed E-state index contributed by atoms with van der Waals surface area (Å²) in [7, 11) is -3.82. The maximum Gasteiger partial charge on any atom is 0.261 e. The van der Waals surface area contributed by atoms with Crippen molar-refractivity contribution >= 4 is 33.0 Å². The standard InChI is InChI=1S/C12H11ClFN3O2S/c13-8-5-9(14)7-11(6-8)17-20(18,19)12-3-1-10(16-15)2-4-12/h1-7,16-17H,15H2. The summed E-state index contributed by atoms with van der Waals surface area (Å²) in [5.41, 5.74) is 3.01. The topological polar surface area (TPSA) is 84.2 Å². The second kappa shape index (κ2) is 5.66. The number of sulfonamides is 1. The lowest BCUT2D eigenvalue weighted by Crippen LogP contribution is -2.13. The predicted molar refractivity (Wildman–Crippen MR) is 76.5 cm³/mol. The fourth-order valence-electron chi connectivity index (χ4n) is 1.56. The largest absolute Gasteiger partial charge is 0.324 e. The van der Waals surface area contributed by atoms with Gasteiger partial charge in [-0.1, -0.05) is 11.6 Å². The van der Waals surface area contributed by atoms with Crippen molar-refractivity contribution in [2.24, 2.45) is 5.84 Å². The number of hydrogen-bond acceptors (Lipinski definition) is 4. The van der Waals surface area contributed by atoms with Crippen molar-refractivity contribution in [2.75, 3.05) is 10.1 Å². The monoisotopic (exact) mass is 315 g/mol. The highest BCUT2D eigenvalue weighted by molar-refractivity contribution is 7.92. The zero-order chi connectivity index (χ0) is 14.8. The van der Waals surface area contributed by atoms with Crippen LogP contribution in [0.15, 0.2) is 47.4 Å². The highest BCUT2D eigenvalue weighted by Gasteiger charge is 2.14. The molecule has 8 heteroatoms. The minimum atomic E-state index is -3.82. The summed E-state index contributed by atoms with van der Waals surface area (Å²) in [5, 5.41) is 0.102. The Labute approximate surface area is 120 Å². The van der Waals surface area contributed by atoms with Crippen LogP contribution in [0.25, 0.3) is 0 Å². The fourth-order valence-corrected chi connectivity index (χ4v) is 2.82. The van der Waals surface area contributed by atoms with Gasteiger partial charge in [0, 0.05) is 10.7 Å². The van der Waals surface area contributed by atoms with Crippen molar-refractivity contribution in [1.82, 2.24) is 0 Å². The van der Waals surface area contributed by atoms with Crippen LogP contribution >= 0.6 is 11.6 Å². The summed E-state index contributed by atoms with van der Waals surface area (Å²) in [6.07, 6.45) is 0. The average molecular weight is 316 g/mol. The molecule has 2 aromatic rings. The first-order valence-corrected chi connectivity index (χ1v) is 7.32. The van der Waals surface area contributed by atoms with Crippen molar-refractivity contribution in [3.8, 4) is 0 Å². The van der Waals surface area contributed by atoms with Gasteiger partial charge in [-0.25, -0.2) is 12.8 Å². The molecule has 2 aromatic carbocycles. The Balaban J connectivity index is 2.30. The lowest BCUT2D eigenvalue weighted by atomic mass is 10.3. The van der Waals surface area contributed by atoms with Crippen LogP contribution in [-0.4, -0.2) is 8.42 Å². The second-order valence-corrected chi connectivity index (χ2v) is 6.05. The number of rotatable bonds is 4. The molecular formula is C12H11ClFN3O2S. The maximum absolute atomic E-state index is 13.2. The van der Waals surface area contributed by atoms with E-state index in [-0.39, 0.29) is 15.6 Å². The van der Waals surface area contributed by atoms with Crippen LogP contribution in [0.5, 0.6) is 0 Å². The zero-order valence-corrected chi connectivity index (χ0v) is 11.7. The summed E-state index contributed by atoms with van der Waals surface area (Å²) < 4.78 is 39.6. The maximum atomic E-state index is 13.2. The molecule has 0 fully saturated rings. The normalized spacial score (nSPS) is 11.2. The molecule has 0 heterocycles. The number of anilines is 2. The molecule has 0 saturated carbocycles. The van der Waals surface area contributed by atoms with Crippen LogP contribution in [0, 0.1) is 5.82 Å². The highest BCUT2D eigenvalue weighted by Crippen LogP contribution is 2.22. The van der Waals surface area contributed by atoms with Gasteiger partial charge >= 0.3 is 0 Å². The van der Waals surface area contributed by atoms with Crippen molar-refractivity contribution in [3.05, 3.63) is 53.3 Å². The second-order valence-electron chi connectivity index (χ2n) is 3.93. The van der Waals surface area contributed by atoms with E-state index in [0.29, 0.717) is 5.69 Å². The molecular weight excluding hydrogens is 305 g/mol. The number of nitrogen functional groups attached to an aromatic ring is 1. The third-order valence-electron chi connectivity index (χ3n) is 2.45. The smallest absolute Gasteiger partial charge is 0.261 e. The molecule has 5 nitrogen and oxygen atoms in total. The Kier molecular flexibility index (Phi) is 4.12. The fraction of sp³-hybridized carbons (Fsp3) is 0. The summed E-state index contributed by atoms with van der Waals surface area (Å²) >= 11 is 5.67. The van der Waals surface area contributed by atoms with Gasteiger partial charge in [-0.2, -0.15) is 0 Å². The van der Waals surface area contributed by atoms with Gasteiger partial charge in [0.2, 0.25) is 0 Å². The van der Waals surface area contributed by atoms with Gasteiger partial charge in [0.25, 0.3) is 10.0 Å². The molecule has 0 aromatic heterocycles. The summed E-state index contributed by atoms with van der Waals surface area (Å²) in [4.78, 5) is 0.0249. The van der Waals surface area contributed by atoms with Crippen molar-refractivity contribution < 1.29 is 12.8 Å². The van der Waals surface area contributed by atoms with Crippen LogP contribution in [0.3, 0.4) is 0 Å². The van der Waals surface area contributed by atoms with E-state index in [2.05, 4.69) is 10.1 Å². The SMILES string of the molecule is NNc1ccc(S(=O)(=O)Nc2cc(F)cc(Cl)c2)cc1. The molecule has 0 bridgehead atoms. The molecule has 0 aliphatic carbocycles. The van der Waals surface area contributed by atoms with E-state index in [0.717, 1.165) is 12.1 Å². The molecule has 0 spiro atoms. The number of hydrazine groups is 1. The Hall–Kier alpha value is -1.83. The first-order chi connectivity index (χ1) is 9.40. The van der Waals surface area contributed by atoms with Crippen molar-refractivity contribution in [1.29, 1.82) is 0 Å². The molecule has 4 N–H and O–H groups in total. The Morgan fingerprint density at radius 3 is 2.25 bits per heavy atom. The molecule has 0 aliphatic rings. The predicted octanol–water partition coefficient (Wildman–Crippen LogP) is 2.57. The first kappa shape index (κ1) is 14.6. The molecule has 106 valence electrons. The van der Waals surface area contributed by atoms with E-state index in [1.807, 2.05) is 0 Å². The number of halogens is 2. The molecule has 0 saturated heterocycles. The van der Waals surface area contributed by atoms with E-state index < -0.39 is 15.8 Å². The van der Waals surface area contributed by atoms with Crippen molar-refractivity contribution in [3.63, 3.8) is 0 Å². The van der Waals surface area contributed by atoms with Crippen LogP contribution in [0.4, 0.5) is 15.8 Å². The first-order valence-electron chi connectivity index (χ1n) is 5.46. The lowest BCUT2D eigenvalue weighted by Gasteiger charge is -2.09. The van der Waals surface area contributed by atoms with Gasteiger partial charge in [0.15, 0.2) is 0 Å². The van der Waals surface area contributed by atoms with Gasteiger partial charge in [-0.15, -0.1) is 0 Å². The Morgan fingerprint density at radius 2 is 1.70 bits per heavy atom. The van der Waals surface area contributed by atoms with E-state index in [4.69, 9.17) is 17.4 Å². The zero-order valence-electron chi connectivity index (χ0n) is 10.1. The van der Waals surface area contributed by atoms with Crippen LogP contribution < -0.4 is 16.0 Å². The van der Waals surface area contributed by atoms with E-state index in [1.54, 1.807) is 0 Å². The van der Waals surface area contributed by atoms with Crippen molar-refractivity contribution in [2.45, 2.75) is 4.90 Å². The highest BCUT2D eigenvalue weighted by atomic mass is 35.5. The minimum absolute atomic E-state index is 0.0249. The quantitative estimate of drug-likeness (QED) is 0.598. The summed E-state index contributed by atoms with van der Waals surface area (Å²) in [6, 6.07) is 9.20. The molecule has 2 rings (SSSR count). The molecule has 0 unspecified atom stereocenters. The van der Waals surface area contributed by atoms with E-state index in [1.165, 1.54) is 30.3 Å². The van der Waals surface area contributed by atoms with Crippen LogP contribution in [-0.2, 0) is 10.0 Å². The number of hydrogen-bond donors (Lipinski definition) is 3. The summed E-state index contributed by atoms with van der Waals surface area (Å²) in [5.74, 6) is 4.57. The Bertz CT molecular complexity index is 700. The Morgan fingerprint density at radius 1 is 1.05 bits per heavy atom. The molecule has 0 amide bonds. The minimum Gasteiger partial charge on any atom is -0.324 e. The van der Waals surface area contributed by atoms with Gasteiger partial charge in [-0.3, -0.25) is 10.6 Å². The van der Waals surface area contributed by atoms with Gasteiger partial charge in [0.1, 0.15) is 5.82 Å². The van der Waals surface area contributed by atoms with E-state index in [9.17, 15) is 12.8 Å².